The highest BCUT2D eigenvalue weighted by Crippen LogP contribution is 2.24. The topological polar surface area (TPSA) is 12.9 Å². The Morgan fingerprint density at radius 2 is 1.92 bits per heavy atom. The standard InChI is InChI=1S/C10H7Cl2N/c1-6-2-3-9-7(4-6)5-8(11)10(12)13-9/h2-5H,1H3. The van der Waals surface area contributed by atoms with E-state index in [9.17, 15) is 0 Å². The third kappa shape index (κ3) is 1.62. The largest absolute Gasteiger partial charge is 0.235 e. The van der Waals surface area contributed by atoms with Crippen molar-refractivity contribution < 1.29 is 0 Å². The highest BCUT2D eigenvalue weighted by molar-refractivity contribution is 6.41. The zero-order valence-electron chi connectivity index (χ0n) is 7.01. The summed E-state index contributed by atoms with van der Waals surface area (Å²) in [6.45, 7) is 2.03. The molecule has 0 saturated carbocycles. The fraction of sp³-hybridized carbons (Fsp3) is 0.100. The second-order valence-corrected chi connectivity index (χ2v) is 3.72. The van der Waals surface area contributed by atoms with Gasteiger partial charge in [0.1, 0.15) is 5.15 Å². The first-order valence-corrected chi connectivity index (χ1v) is 4.65. The molecule has 2 rings (SSSR count). The van der Waals surface area contributed by atoms with E-state index in [0.29, 0.717) is 10.2 Å². The normalized spacial score (nSPS) is 10.7. The average Bonchev–Trinajstić information content (AvgIpc) is 2.08. The molecule has 0 amide bonds. The van der Waals surface area contributed by atoms with Crippen molar-refractivity contribution in [1.29, 1.82) is 0 Å². The van der Waals surface area contributed by atoms with Crippen molar-refractivity contribution in [2.75, 3.05) is 0 Å². The van der Waals surface area contributed by atoms with E-state index in [4.69, 9.17) is 23.2 Å². The van der Waals surface area contributed by atoms with Crippen LogP contribution >= 0.6 is 23.2 Å². The van der Waals surface area contributed by atoms with E-state index in [-0.39, 0.29) is 0 Å². The highest BCUT2D eigenvalue weighted by Gasteiger charge is 2.01. The Balaban J connectivity index is 2.81. The predicted molar refractivity (Wildman–Crippen MR) is 56.5 cm³/mol. The molecule has 0 radical (unpaired) electrons. The minimum Gasteiger partial charge on any atom is -0.235 e. The van der Waals surface area contributed by atoms with Crippen LogP contribution in [0, 0.1) is 6.92 Å². The van der Waals surface area contributed by atoms with E-state index < -0.39 is 0 Å². The number of aromatic nitrogens is 1. The first kappa shape index (κ1) is 8.79. The molecule has 0 unspecified atom stereocenters. The molecular weight excluding hydrogens is 205 g/mol. The summed E-state index contributed by atoms with van der Waals surface area (Å²) in [5.41, 5.74) is 2.06. The first-order valence-electron chi connectivity index (χ1n) is 3.89. The van der Waals surface area contributed by atoms with Crippen LogP contribution in [0.15, 0.2) is 24.3 Å². The maximum Gasteiger partial charge on any atom is 0.148 e. The average molecular weight is 212 g/mol. The van der Waals surface area contributed by atoms with E-state index >= 15 is 0 Å². The Morgan fingerprint density at radius 1 is 1.15 bits per heavy atom. The van der Waals surface area contributed by atoms with Gasteiger partial charge >= 0.3 is 0 Å². The summed E-state index contributed by atoms with van der Waals surface area (Å²) in [7, 11) is 0. The summed E-state index contributed by atoms with van der Waals surface area (Å²) in [6, 6.07) is 7.80. The van der Waals surface area contributed by atoms with Gasteiger partial charge in [-0.3, -0.25) is 0 Å². The number of aryl methyl sites for hydroxylation is 1. The van der Waals surface area contributed by atoms with Crippen molar-refractivity contribution in [3.05, 3.63) is 40.0 Å². The molecule has 1 heterocycles. The minimum absolute atomic E-state index is 0.359. The summed E-state index contributed by atoms with van der Waals surface area (Å²) >= 11 is 11.6. The van der Waals surface area contributed by atoms with Crippen LogP contribution in [-0.4, -0.2) is 4.98 Å². The van der Waals surface area contributed by atoms with Gasteiger partial charge in [-0.1, -0.05) is 34.8 Å². The summed E-state index contributed by atoms with van der Waals surface area (Å²) in [6.07, 6.45) is 0. The maximum absolute atomic E-state index is 5.85. The number of nitrogens with zero attached hydrogens (tertiary/aromatic N) is 1. The quantitative estimate of drug-likeness (QED) is 0.604. The SMILES string of the molecule is Cc1ccc2nc(Cl)c(Cl)cc2c1. The highest BCUT2D eigenvalue weighted by atomic mass is 35.5. The van der Waals surface area contributed by atoms with Crippen molar-refractivity contribution in [3.63, 3.8) is 0 Å². The lowest BCUT2D eigenvalue weighted by atomic mass is 10.1. The van der Waals surface area contributed by atoms with Gasteiger partial charge in [0.25, 0.3) is 0 Å². The third-order valence-corrected chi connectivity index (χ3v) is 2.55. The van der Waals surface area contributed by atoms with Crippen LogP contribution in [0.4, 0.5) is 0 Å². The van der Waals surface area contributed by atoms with Crippen LogP contribution in [0.25, 0.3) is 10.9 Å². The van der Waals surface area contributed by atoms with Gasteiger partial charge in [-0.05, 0) is 25.1 Å². The van der Waals surface area contributed by atoms with Gasteiger partial charge in [0, 0.05) is 5.39 Å². The molecular formula is C10H7Cl2N. The van der Waals surface area contributed by atoms with Crippen molar-refractivity contribution in [3.8, 4) is 0 Å². The van der Waals surface area contributed by atoms with Crippen LogP contribution in [0.3, 0.4) is 0 Å². The van der Waals surface area contributed by atoms with Crippen LogP contribution in [0.5, 0.6) is 0 Å². The Labute approximate surface area is 86.3 Å². The van der Waals surface area contributed by atoms with E-state index in [2.05, 4.69) is 4.98 Å². The maximum atomic E-state index is 5.85. The molecule has 0 atom stereocenters. The molecule has 66 valence electrons. The first-order chi connectivity index (χ1) is 6.16. The molecule has 1 aromatic heterocycles. The molecule has 0 aliphatic heterocycles. The van der Waals surface area contributed by atoms with Gasteiger partial charge < -0.3 is 0 Å². The molecule has 1 nitrogen and oxygen atoms in total. The third-order valence-electron chi connectivity index (χ3n) is 1.88. The number of hydrogen-bond donors (Lipinski definition) is 0. The van der Waals surface area contributed by atoms with Gasteiger partial charge in [-0.15, -0.1) is 0 Å². The van der Waals surface area contributed by atoms with Crippen molar-refractivity contribution in [2.45, 2.75) is 6.92 Å². The number of halogens is 2. The van der Waals surface area contributed by atoms with Crippen LogP contribution in [-0.2, 0) is 0 Å². The minimum atomic E-state index is 0.359. The van der Waals surface area contributed by atoms with Gasteiger partial charge in [-0.25, -0.2) is 4.98 Å². The summed E-state index contributed by atoms with van der Waals surface area (Å²) < 4.78 is 0. The molecule has 3 heteroatoms. The zero-order chi connectivity index (χ0) is 9.42. The number of hydrogen-bond acceptors (Lipinski definition) is 1. The molecule has 0 aliphatic rings. The monoisotopic (exact) mass is 211 g/mol. The Morgan fingerprint density at radius 3 is 2.69 bits per heavy atom. The van der Waals surface area contributed by atoms with Crippen LogP contribution < -0.4 is 0 Å². The lowest BCUT2D eigenvalue weighted by Crippen LogP contribution is -1.82. The van der Waals surface area contributed by atoms with Crippen molar-refractivity contribution in [1.82, 2.24) is 4.98 Å². The number of benzene rings is 1. The fourth-order valence-electron chi connectivity index (χ4n) is 1.25. The molecule has 0 N–H and O–H groups in total. The second kappa shape index (κ2) is 3.17. The summed E-state index contributed by atoms with van der Waals surface area (Å²) in [5.74, 6) is 0. The molecule has 0 fully saturated rings. The van der Waals surface area contributed by atoms with Gasteiger partial charge in [0.2, 0.25) is 0 Å². The Hall–Kier alpha value is -0.790. The van der Waals surface area contributed by atoms with E-state index in [1.54, 1.807) is 0 Å². The van der Waals surface area contributed by atoms with Gasteiger partial charge in [0.05, 0.1) is 10.5 Å². The molecule has 0 bridgehead atoms. The second-order valence-electron chi connectivity index (χ2n) is 2.96. The van der Waals surface area contributed by atoms with Gasteiger partial charge in [0.15, 0.2) is 0 Å². The van der Waals surface area contributed by atoms with Crippen molar-refractivity contribution in [2.24, 2.45) is 0 Å². The molecule has 0 saturated heterocycles. The van der Waals surface area contributed by atoms with Crippen LogP contribution in [0.1, 0.15) is 5.56 Å². The van der Waals surface area contributed by atoms with E-state index in [0.717, 1.165) is 10.9 Å². The molecule has 0 aliphatic carbocycles. The molecule has 0 spiro atoms. The lowest BCUT2D eigenvalue weighted by molar-refractivity contribution is 1.39. The van der Waals surface area contributed by atoms with E-state index in [1.807, 2.05) is 31.2 Å². The summed E-state index contributed by atoms with van der Waals surface area (Å²) in [5, 5.41) is 1.88. The molecule has 2 aromatic rings. The number of fused-ring (bicyclic) bond motifs is 1. The zero-order valence-corrected chi connectivity index (χ0v) is 8.52. The lowest BCUT2D eigenvalue weighted by Gasteiger charge is -2.00. The van der Waals surface area contributed by atoms with Crippen LogP contribution in [0.2, 0.25) is 10.2 Å². The molecule has 1 aromatic carbocycles. The van der Waals surface area contributed by atoms with Crippen molar-refractivity contribution >= 4 is 34.1 Å². The van der Waals surface area contributed by atoms with E-state index in [1.165, 1.54) is 5.56 Å². The smallest absolute Gasteiger partial charge is 0.148 e. The number of pyridine rings is 1. The summed E-state index contributed by atoms with van der Waals surface area (Å²) in [4.78, 5) is 4.15. The van der Waals surface area contributed by atoms with Gasteiger partial charge in [-0.2, -0.15) is 0 Å². The fourth-order valence-corrected chi connectivity index (χ4v) is 1.55. The Bertz CT molecular complexity index is 466. The number of rotatable bonds is 0. The molecule has 13 heavy (non-hydrogen) atoms. The predicted octanol–water partition coefficient (Wildman–Crippen LogP) is 3.85. The Kier molecular flexibility index (Phi) is 2.14.